The summed E-state index contributed by atoms with van der Waals surface area (Å²) in [6.45, 7) is 5.62. The number of nitrogens with one attached hydrogen (secondary N) is 1. The molecule has 122 valence electrons. The van der Waals surface area contributed by atoms with Gasteiger partial charge in [-0.05, 0) is 31.7 Å². The summed E-state index contributed by atoms with van der Waals surface area (Å²) in [5.74, 6) is 0.131. The van der Waals surface area contributed by atoms with Crippen LogP contribution in [0.1, 0.15) is 32.3 Å². The maximum atomic E-state index is 12.3. The van der Waals surface area contributed by atoms with Crippen molar-refractivity contribution in [3.63, 3.8) is 0 Å². The lowest BCUT2D eigenvalue weighted by Crippen LogP contribution is -2.46. The highest BCUT2D eigenvalue weighted by atomic mass is 16.5. The van der Waals surface area contributed by atoms with Gasteiger partial charge in [-0.15, -0.1) is 0 Å². The lowest BCUT2D eigenvalue weighted by Gasteiger charge is -2.34. The standard InChI is InChI=1S/C18H27NO3/c1-14(20)18(2,12-15-6-4-3-5-7-15)13-19-17(21)16-8-10-22-11-9-16/h3-7,14,16,20H,8-13H2,1-2H3,(H,19,21)/t14-,18+/m1/s1. The summed E-state index contributed by atoms with van der Waals surface area (Å²) in [6.07, 6.45) is 1.81. The summed E-state index contributed by atoms with van der Waals surface area (Å²) in [4.78, 5) is 12.3. The quantitative estimate of drug-likeness (QED) is 0.847. The van der Waals surface area contributed by atoms with E-state index in [2.05, 4.69) is 17.4 Å². The molecular formula is C18H27NO3. The van der Waals surface area contributed by atoms with E-state index in [9.17, 15) is 9.90 Å². The number of aliphatic hydroxyl groups excluding tert-OH is 1. The van der Waals surface area contributed by atoms with Crippen LogP contribution in [0.3, 0.4) is 0 Å². The first kappa shape index (κ1) is 17.0. The van der Waals surface area contributed by atoms with E-state index in [1.54, 1.807) is 6.92 Å². The first-order chi connectivity index (χ1) is 10.5. The van der Waals surface area contributed by atoms with Crippen molar-refractivity contribution in [3.8, 4) is 0 Å². The highest BCUT2D eigenvalue weighted by Crippen LogP contribution is 2.26. The van der Waals surface area contributed by atoms with Gasteiger partial charge in [0.15, 0.2) is 0 Å². The van der Waals surface area contributed by atoms with Crippen LogP contribution in [-0.2, 0) is 16.0 Å². The molecule has 2 N–H and O–H groups in total. The second kappa shape index (κ2) is 7.75. The molecule has 0 aliphatic carbocycles. The maximum absolute atomic E-state index is 12.3. The molecule has 0 saturated carbocycles. The highest BCUT2D eigenvalue weighted by molar-refractivity contribution is 5.78. The van der Waals surface area contributed by atoms with E-state index in [1.807, 2.05) is 25.1 Å². The molecule has 22 heavy (non-hydrogen) atoms. The second-order valence-electron chi connectivity index (χ2n) is 6.60. The fraction of sp³-hybridized carbons (Fsp3) is 0.611. The Morgan fingerprint density at radius 1 is 1.36 bits per heavy atom. The van der Waals surface area contributed by atoms with Gasteiger partial charge in [-0.1, -0.05) is 37.3 Å². The number of rotatable bonds is 6. The van der Waals surface area contributed by atoms with Crippen LogP contribution in [0.25, 0.3) is 0 Å². The van der Waals surface area contributed by atoms with Gasteiger partial charge < -0.3 is 15.2 Å². The second-order valence-corrected chi connectivity index (χ2v) is 6.60. The number of carbonyl (C=O) groups is 1. The fourth-order valence-electron chi connectivity index (χ4n) is 2.81. The lowest BCUT2D eigenvalue weighted by molar-refractivity contribution is -0.128. The summed E-state index contributed by atoms with van der Waals surface area (Å²) < 4.78 is 5.29. The number of benzene rings is 1. The number of hydrogen-bond acceptors (Lipinski definition) is 3. The van der Waals surface area contributed by atoms with Gasteiger partial charge in [0.1, 0.15) is 0 Å². The fourth-order valence-corrected chi connectivity index (χ4v) is 2.81. The monoisotopic (exact) mass is 305 g/mol. The van der Waals surface area contributed by atoms with Crippen LogP contribution >= 0.6 is 0 Å². The van der Waals surface area contributed by atoms with Crippen LogP contribution in [0.5, 0.6) is 0 Å². The third-order valence-electron chi connectivity index (χ3n) is 4.72. The minimum Gasteiger partial charge on any atom is -0.393 e. The third kappa shape index (κ3) is 4.55. The van der Waals surface area contributed by atoms with Crippen molar-refractivity contribution in [2.24, 2.45) is 11.3 Å². The molecule has 1 fully saturated rings. The number of carbonyl (C=O) groups excluding carboxylic acids is 1. The van der Waals surface area contributed by atoms with Crippen LogP contribution in [0, 0.1) is 11.3 Å². The predicted molar refractivity (Wildman–Crippen MR) is 86.5 cm³/mol. The largest absolute Gasteiger partial charge is 0.393 e. The topological polar surface area (TPSA) is 58.6 Å². The maximum Gasteiger partial charge on any atom is 0.223 e. The highest BCUT2D eigenvalue weighted by Gasteiger charge is 2.32. The first-order valence-corrected chi connectivity index (χ1v) is 8.09. The van der Waals surface area contributed by atoms with Gasteiger partial charge in [-0.25, -0.2) is 0 Å². The predicted octanol–water partition coefficient (Wildman–Crippen LogP) is 2.16. The lowest BCUT2D eigenvalue weighted by atomic mass is 9.79. The molecule has 0 radical (unpaired) electrons. The summed E-state index contributed by atoms with van der Waals surface area (Å²) >= 11 is 0. The normalized spacial score (nSPS) is 20.1. The third-order valence-corrected chi connectivity index (χ3v) is 4.72. The molecule has 0 bridgehead atoms. The summed E-state index contributed by atoms with van der Waals surface area (Å²) in [5, 5.41) is 13.2. The zero-order valence-corrected chi connectivity index (χ0v) is 13.5. The van der Waals surface area contributed by atoms with Crippen molar-refractivity contribution < 1.29 is 14.6 Å². The summed E-state index contributed by atoms with van der Waals surface area (Å²) in [5.41, 5.74) is 0.800. The Hall–Kier alpha value is -1.39. The average molecular weight is 305 g/mol. The van der Waals surface area contributed by atoms with E-state index in [0.717, 1.165) is 19.3 Å². The SMILES string of the molecule is C[C@@H](O)[C@](C)(CNC(=O)C1CCOCC1)Cc1ccccc1. The van der Waals surface area contributed by atoms with E-state index in [1.165, 1.54) is 5.56 Å². The van der Waals surface area contributed by atoms with Gasteiger partial charge in [0.25, 0.3) is 0 Å². The van der Waals surface area contributed by atoms with E-state index < -0.39 is 6.10 Å². The van der Waals surface area contributed by atoms with Crippen molar-refractivity contribution in [2.75, 3.05) is 19.8 Å². The van der Waals surface area contributed by atoms with E-state index in [-0.39, 0.29) is 17.2 Å². The van der Waals surface area contributed by atoms with Crippen molar-refractivity contribution in [1.82, 2.24) is 5.32 Å². The minimum absolute atomic E-state index is 0.0451. The Morgan fingerprint density at radius 2 is 2.00 bits per heavy atom. The Bertz CT molecular complexity index is 468. The minimum atomic E-state index is -0.498. The molecule has 1 heterocycles. The Kier molecular flexibility index (Phi) is 5.98. The van der Waals surface area contributed by atoms with Crippen LogP contribution in [0.15, 0.2) is 30.3 Å². The number of hydrogen-bond donors (Lipinski definition) is 2. The molecule has 1 amide bonds. The van der Waals surface area contributed by atoms with Gasteiger partial charge in [-0.2, -0.15) is 0 Å². The van der Waals surface area contributed by atoms with Crippen molar-refractivity contribution in [2.45, 2.75) is 39.2 Å². The molecule has 4 nitrogen and oxygen atoms in total. The van der Waals surface area contributed by atoms with Gasteiger partial charge in [-0.3, -0.25) is 4.79 Å². The van der Waals surface area contributed by atoms with Crippen molar-refractivity contribution in [3.05, 3.63) is 35.9 Å². The molecule has 0 unspecified atom stereocenters. The molecule has 1 saturated heterocycles. The van der Waals surface area contributed by atoms with Gasteiger partial charge in [0, 0.05) is 31.1 Å². The molecule has 4 heteroatoms. The molecule has 2 atom stereocenters. The van der Waals surface area contributed by atoms with Gasteiger partial charge >= 0.3 is 0 Å². The summed E-state index contributed by atoms with van der Waals surface area (Å²) in [7, 11) is 0. The number of amides is 1. The molecule has 1 aromatic carbocycles. The van der Waals surface area contributed by atoms with Crippen molar-refractivity contribution in [1.29, 1.82) is 0 Å². The molecule has 1 aromatic rings. The molecule has 1 aliphatic heterocycles. The van der Waals surface area contributed by atoms with Crippen LogP contribution in [-0.4, -0.2) is 36.9 Å². The Morgan fingerprint density at radius 3 is 2.59 bits per heavy atom. The van der Waals surface area contributed by atoms with E-state index >= 15 is 0 Å². The first-order valence-electron chi connectivity index (χ1n) is 8.09. The Labute approximate surface area is 132 Å². The molecule has 0 spiro atoms. The van der Waals surface area contributed by atoms with Gasteiger partial charge in [0.05, 0.1) is 6.10 Å². The van der Waals surface area contributed by atoms with Gasteiger partial charge in [0.2, 0.25) is 5.91 Å². The summed E-state index contributed by atoms with van der Waals surface area (Å²) in [6, 6.07) is 10.1. The zero-order valence-electron chi connectivity index (χ0n) is 13.5. The Balaban J connectivity index is 1.94. The van der Waals surface area contributed by atoms with Crippen LogP contribution in [0.4, 0.5) is 0 Å². The molecule has 2 rings (SSSR count). The average Bonchev–Trinajstić information content (AvgIpc) is 2.54. The molecule has 0 aromatic heterocycles. The smallest absolute Gasteiger partial charge is 0.223 e. The van der Waals surface area contributed by atoms with E-state index in [4.69, 9.17) is 4.74 Å². The van der Waals surface area contributed by atoms with E-state index in [0.29, 0.717) is 19.8 Å². The molecule has 1 aliphatic rings. The van der Waals surface area contributed by atoms with Crippen molar-refractivity contribution >= 4 is 5.91 Å². The van der Waals surface area contributed by atoms with Crippen LogP contribution in [0.2, 0.25) is 0 Å². The van der Waals surface area contributed by atoms with Crippen LogP contribution < -0.4 is 5.32 Å². The number of ether oxygens (including phenoxy) is 1. The zero-order chi connectivity index (χ0) is 16.0. The molecular weight excluding hydrogens is 278 g/mol. The number of aliphatic hydroxyl groups is 1.